The van der Waals surface area contributed by atoms with Crippen LogP contribution < -0.4 is 0 Å². The second kappa shape index (κ2) is 5.22. The summed E-state index contributed by atoms with van der Waals surface area (Å²) in [5.74, 6) is -2.06. The van der Waals surface area contributed by atoms with Crippen LogP contribution in [0.2, 0.25) is 0 Å². The number of aliphatic carboxylic acids is 1. The van der Waals surface area contributed by atoms with Crippen LogP contribution in [0.25, 0.3) is 11.1 Å². The second-order valence-electron chi connectivity index (χ2n) is 4.67. The Morgan fingerprint density at radius 2 is 1.79 bits per heavy atom. The summed E-state index contributed by atoms with van der Waals surface area (Å²) < 4.78 is 14.1. The van der Waals surface area contributed by atoms with E-state index in [0.717, 1.165) is 11.1 Å². The van der Waals surface area contributed by atoms with E-state index in [1.165, 1.54) is 6.07 Å². The topological polar surface area (TPSA) is 37.3 Å². The van der Waals surface area contributed by atoms with Crippen LogP contribution in [0.4, 0.5) is 4.39 Å². The third-order valence-corrected chi connectivity index (χ3v) is 3.23. The molecule has 98 valence electrons. The molecule has 3 heteroatoms. The highest BCUT2D eigenvalue weighted by Gasteiger charge is 2.15. The summed E-state index contributed by atoms with van der Waals surface area (Å²) in [5.41, 5.74) is 2.86. The first kappa shape index (κ1) is 13.3. The van der Waals surface area contributed by atoms with Gasteiger partial charge in [-0.05, 0) is 31.0 Å². The third-order valence-electron chi connectivity index (χ3n) is 3.23. The standard InChI is InChI=1S/C16H15FO2/c1-10-3-5-12(6-4-10)14-8-7-13(9-15(14)17)11(2)16(18)19/h3-9,11H,1-2H3,(H,18,19)/t11-/m0/s1. The van der Waals surface area contributed by atoms with Crippen molar-refractivity contribution in [3.05, 3.63) is 59.4 Å². The maximum atomic E-state index is 14.1. The predicted molar refractivity (Wildman–Crippen MR) is 72.6 cm³/mol. The molecule has 0 saturated heterocycles. The summed E-state index contributed by atoms with van der Waals surface area (Å²) in [6.07, 6.45) is 0. The summed E-state index contributed by atoms with van der Waals surface area (Å²) in [6, 6.07) is 12.1. The fourth-order valence-corrected chi connectivity index (χ4v) is 1.91. The number of hydrogen-bond donors (Lipinski definition) is 1. The van der Waals surface area contributed by atoms with E-state index in [0.29, 0.717) is 11.1 Å². The average Bonchev–Trinajstić information content (AvgIpc) is 2.39. The summed E-state index contributed by atoms with van der Waals surface area (Å²) in [6.45, 7) is 3.51. The van der Waals surface area contributed by atoms with Gasteiger partial charge in [0.2, 0.25) is 0 Å². The maximum absolute atomic E-state index is 14.1. The van der Waals surface area contributed by atoms with Crippen molar-refractivity contribution >= 4 is 5.97 Å². The maximum Gasteiger partial charge on any atom is 0.310 e. The van der Waals surface area contributed by atoms with Crippen LogP contribution in [0, 0.1) is 12.7 Å². The van der Waals surface area contributed by atoms with Crippen LogP contribution in [-0.4, -0.2) is 11.1 Å². The SMILES string of the molecule is Cc1ccc(-c2ccc([C@H](C)C(=O)O)cc2F)cc1. The molecule has 0 bridgehead atoms. The van der Waals surface area contributed by atoms with Crippen molar-refractivity contribution < 1.29 is 14.3 Å². The molecule has 0 aliphatic carbocycles. The number of carbonyl (C=O) groups is 1. The Balaban J connectivity index is 2.39. The number of benzene rings is 2. The van der Waals surface area contributed by atoms with Gasteiger partial charge in [-0.3, -0.25) is 4.79 Å². The molecule has 0 radical (unpaired) electrons. The second-order valence-corrected chi connectivity index (χ2v) is 4.67. The van der Waals surface area contributed by atoms with Crippen LogP contribution in [0.15, 0.2) is 42.5 Å². The number of carboxylic acids is 1. The van der Waals surface area contributed by atoms with E-state index in [9.17, 15) is 9.18 Å². The monoisotopic (exact) mass is 258 g/mol. The van der Waals surface area contributed by atoms with E-state index in [1.54, 1.807) is 19.1 Å². The lowest BCUT2D eigenvalue weighted by Crippen LogP contribution is -2.07. The van der Waals surface area contributed by atoms with E-state index in [2.05, 4.69) is 0 Å². The van der Waals surface area contributed by atoms with E-state index in [4.69, 9.17) is 5.11 Å². The smallest absolute Gasteiger partial charge is 0.310 e. The van der Waals surface area contributed by atoms with Gasteiger partial charge in [-0.2, -0.15) is 0 Å². The van der Waals surface area contributed by atoms with Gasteiger partial charge in [-0.15, -0.1) is 0 Å². The van der Waals surface area contributed by atoms with Gasteiger partial charge < -0.3 is 5.11 Å². The van der Waals surface area contributed by atoms with Gasteiger partial charge in [-0.25, -0.2) is 4.39 Å². The molecular weight excluding hydrogens is 243 g/mol. The Bertz CT molecular complexity index is 603. The Hall–Kier alpha value is -2.16. The van der Waals surface area contributed by atoms with Crippen LogP contribution in [-0.2, 0) is 4.79 Å². The molecule has 0 aliphatic rings. The number of carboxylic acid groups (broad SMARTS) is 1. The summed E-state index contributed by atoms with van der Waals surface area (Å²) in [4.78, 5) is 10.9. The molecule has 0 aliphatic heterocycles. The van der Waals surface area contributed by atoms with Gasteiger partial charge in [0.15, 0.2) is 0 Å². The van der Waals surface area contributed by atoms with Crippen molar-refractivity contribution in [2.45, 2.75) is 19.8 Å². The Labute approximate surface area is 111 Å². The number of rotatable bonds is 3. The molecule has 2 nitrogen and oxygen atoms in total. The summed E-state index contributed by atoms with van der Waals surface area (Å²) in [5, 5.41) is 8.92. The molecule has 2 rings (SSSR count). The molecule has 1 atom stereocenters. The molecule has 2 aromatic carbocycles. The van der Waals surface area contributed by atoms with Gasteiger partial charge >= 0.3 is 5.97 Å². The molecule has 1 N–H and O–H groups in total. The summed E-state index contributed by atoms with van der Waals surface area (Å²) in [7, 11) is 0. The van der Waals surface area contributed by atoms with Crippen molar-refractivity contribution in [1.82, 2.24) is 0 Å². The first-order valence-electron chi connectivity index (χ1n) is 6.08. The molecule has 0 amide bonds. The van der Waals surface area contributed by atoms with E-state index in [-0.39, 0.29) is 0 Å². The molecule has 19 heavy (non-hydrogen) atoms. The zero-order valence-electron chi connectivity index (χ0n) is 10.9. The third kappa shape index (κ3) is 2.81. The molecule has 0 unspecified atom stereocenters. The first-order chi connectivity index (χ1) is 8.99. The van der Waals surface area contributed by atoms with Gasteiger partial charge in [-0.1, -0.05) is 42.0 Å². The lowest BCUT2D eigenvalue weighted by atomic mass is 9.97. The van der Waals surface area contributed by atoms with Crippen LogP contribution in [0.5, 0.6) is 0 Å². The van der Waals surface area contributed by atoms with Crippen molar-refractivity contribution in [2.24, 2.45) is 0 Å². The van der Waals surface area contributed by atoms with E-state index < -0.39 is 17.7 Å². The Morgan fingerprint density at radius 1 is 1.16 bits per heavy atom. The lowest BCUT2D eigenvalue weighted by molar-refractivity contribution is -0.138. The lowest BCUT2D eigenvalue weighted by Gasteiger charge is -2.09. The highest BCUT2D eigenvalue weighted by Crippen LogP contribution is 2.26. The molecule has 0 spiro atoms. The van der Waals surface area contributed by atoms with Crippen molar-refractivity contribution in [3.8, 4) is 11.1 Å². The largest absolute Gasteiger partial charge is 0.481 e. The molecular formula is C16H15FO2. The van der Waals surface area contributed by atoms with Gasteiger partial charge in [0.1, 0.15) is 5.82 Å². The minimum atomic E-state index is -0.956. The van der Waals surface area contributed by atoms with Crippen LogP contribution in [0.3, 0.4) is 0 Å². The fraction of sp³-hybridized carbons (Fsp3) is 0.188. The number of halogens is 1. The van der Waals surface area contributed by atoms with Crippen molar-refractivity contribution in [2.75, 3.05) is 0 Å². The highest BCUT2D eigenvalue weighted by molar-refractivity contribution is 5.76. The first-order valence-corrected chi connectivity index (χ1v) is 6.08. The minimum Gasteiger partial charge on any atom is -0.481 e. The van der Waals surface area contributed by atoms with Gasteiger partial charge in [0.05, 0.1) is 5.92 Å². The fourth-order valence-electron chi connectivity index (χ4n) is 1.91. The molecule has 0 fully saturated rings. The van der Waals surface area contributed by atoms with Crippen molar-refractivity contribution in [3.63, 3.8) is 0 Å². The quantitative estimate of drug-likeness (QED) is 0.903. The molecule has 0 heterocycles. The van der Waals surface area contributed by atoms with Gasteiger partial charge in [0, 0.05) is 5.56 Å². The van der Waals surface area contributed by atoms with Crippen molar-refractivity contribution in [1.29, 1.82) is 0 Å². The Morgan fingerprint density at radius 3 is 2.32 bits per heavy atom. The zero-order valence-corrected chi connectivity index (χ0v) is 10.9. The zero-order chi connectivity index (χ0) is 14.0. The minimum absolute atomic E-state index is 0.394. The molecule has 0 saturated carbocycles. The average molecular weight is 258 g/mol. The normalized spacial score (nSPS) is 12.2. The predicted octanol–water partition coefficient (Wildman–Crippen LogP) is 3.99. The Kier molecular flexibility index (Phi) is 3.65. The summed E-state index contributed by atoms with van der Waals surface area (Å²) >= 11 is 0. The number of aryl methyl sites for hydroxylation is 1. The van der Waals surface area contributed by atoms with E-state index in [1.807, 2.05) is 31.2 Å². The number of hydrogen-bond acceptors (Lipinski definition) is 1. The molecule has 0 aromatic heterocycles. The van der Waals surface area contributed by atoms with Crippen LogP contribution >= 0.6 is 0 Å². The van der Waals surface area contributed by atoms with Crippen LogP contribution in [0.1, 0.15) is 24.0 Å². The highest BCUT2D eigenvalue weighted by atomic mass is 19.1. The van der Waals surface area contributed by atoms with E-state index >= 15 is 0 Å². The van der Waals surface area contributed by atoms with Gasteiger partial charge in [0.25, 0.3) is 0 Å². The molecule has 2 aromatic rings.